The lowest BCUT2D eigenvalue weighted by Crippen LogP contribution is -1.91. The molecule has 9 aromatic carbocycles. The first kappa shape index (κ1) is 26.6. The van der Waals surface area contributed by atoms with Crippen LogP contribution in [0.4, 0.5) is 0 Å². The predicted molar refractivity (Wildman–Crippen MR) is 226 cm³/mol. The van der Waals surface area contributed by atoms with Gasteiger partial charge in [0.15, 0.2) is 0 Å². The summed E-state index contributed by atoms with van der Waals surface area (Å²) in [5, 5.41) is 5.58. The number of benzene rings is 9. The van der Waals surface area contributed by atoms with E-state index in [4.69, 9.17) is 11.6 Å². The summed E-state index contributed by atoms with van der Waals surface area (Å²) >= 11 is 0. The molecule has 54 heavy (non-hydrogen) atoms. The molecule has 0 atom stereocenters. The molecule has 0 aliphatic heterocycles. The van der Waals surface area contributed by atoms with Crippen molar-refractivity contribution >= 4 is 54.5 Å². The molecule has 0 saturated heterocycles. The summed E-state index contributed by atoms with van der Waals surface area (Å²) in [5.41, 5.74) is 10.6. The Labute approximate surface area is 317 Å². The molecule has 0 spiro atoms. The van der Waals surface area contributed by atoms with Crippen LogP contribution in [0.3, 0.4) is 0 Å². The maximum atomic E-state index is 9.47. The van der Waals surface area contributed by atoms with Gasteiger partial charge in [-0.05, 0) is 109 Å². The van der Waals surface area contributed by atoms with Gasteiger partial charge in [-0.3, -0.25) is 0 Å². The lowest BCUT2D eigenvalue weighted by atomic mass is 9.84. The van der Waals surface area contributed by atoms with Crippen LogP contribution in [-0.4, -0.2) is 0 Å². The van der Waals surface area contributed by atoms with E-state index in [9.17, 15) is 2.74 Å². The quantitative estimate of drug-likeness (QED) is 0.168. The fourth-order valence-electron chi connectivity index (χ4n) is 8.12. The van der Waals surface area contributed by atoms with Crippen LogP contribution in [0.2, 0.25) is 0 Å². The Morgan fingerprint density at radius 1 is 0.352 bits per heavy atom. The highest BCUT2D eigenvalue weighted by Gasteiger charge is 2.21. The standard InChI is InChI=1S/C52H32O2/c1-3-13-33(14-4-1)35-17-11-18-38(29-35)50-40-19-7-9-21-42(40)51(43-22-10-8-20-41(43)50)45-23-12-24-47-52(45)44-27-25-37(31-49(44)54-47)36-26-28-46-39(30-36)32-48(53-46)34-15-5-2-6-16-34/h1-32H/i7D,9D,19D,21D. The van der Waals surface area contributed by atoms with Crippen molar-refractivity contribution in [1.29, 1.82) is 0 Å². The lowest BCUT2D eigenvalue weighted by molar-refractivity contribution is 0.631. The first-order chi connectivity index (χ1) is 28.4. The Morgan fingerprint density at radius 3 is 1.80 bits per heavy atom. The predicted octanol–water partition coefficient (Wildman–Crippen LogP) is 15.0. The Balaban J connectivity index is 1.14. The molecule has 2 aromatic heterocycles. The highest BCUT2D eigenvalue weighted by Crippen LogP contribution is 2.47. The van der Waals surface area contributed by atoms with E-state index in [1.54, 1.807) is 0 Å². The minimum Gasteiger partial charge on any atom is -0.456 e. The van der Waals surface area contributed by atoms with Crippen LogP contribution in [0.15, 0.2) is 203 Å². The van der Waals surface area contributed by atoms with Crippen LogP contribution < -0.4 is 0 Å². The third kappa shape index (κ3) is 4.88. The molecule has 0 amide bonds. The van der Waals surface area contributed by atoms with E-state index in [0.29, 0.717) is 16.4 Å². The molecule has 0 bridgehead atoms. The molecule has 0 radical (unpaired) electrons. The zero-order valence-electron chi connectivity index (χ0n) is 33.0. The van der Waals surface area contributed by atoms with Crippen molar-refractivity contribution in [3.8, 4) is 55.8 Å². The molecule has 0 aliphatic rings. The van der Waals surface area contributed by atoms with Gasteiger partial charge < -0.3 is 8.83 Å². The Bertz CT molecular complexity index is 3440. The van der Waals surface area contributed by atoms with Gasteiger partial charge in [-0.1, -0.05) is 152 Å². The van der Waals surface area contributed by atoms with Crippen molar-refractivity contribution < 1.29 is 14.3 Å². The molecule has 2 nitrogen and oxygen atoms in total. The van der Waals surface area contributed by atoms with Crippen LogP contribution in [0.5, 0.6) is 0 Å². The molecule has 11 rings (SSSR count). The summed E-state index contributed by atoms with van der Waals surface area (Å²) in [5.74, 6) is 0.826. The van der Waals surface area contributed by atoms with Crippen molar-refractivity contribution in [3.63, 3.8) is 0 Å². The van der Waals surface area contributed by atoms with Crippen molar-refractivity contribution in [2.75, 3.05) is 0 Å². The average Bonchev–Trinajstić information content (AvgIpc) is 3.89. The van der Waals surface area contributed by atoms with Gasteiger partial charge >= 0.3 is 0 Å². The highest BCUT2D eigenvalue weighted by atomic mass is 16.3. The van der Waals surface area contributed by atoms with Crippen LogP contribution in [-0.2, 0) is 0 Å². The van der Waals surface area contributed by atoms with Gasteiger partial charge in [-0.15, -0.1) is 0 Å². The summed E-state index contributed by atoms with van der Waals surface area (Å²) in [6.45, 7) is 0. The van der Waals surface area contributed by atoms with Crippen molar-refractivity contribution in [2.45, 2.75) is 0 Å². The molecule has 252 valence electrons. The van der Waals surface area contributed by atoms with E-state index < -0.39 is 0 Å². The number of rotatable bonds is 5. The second kappa shape index (κ2) is 12.2. The highest BCUT2D eigenvalue weighted by molar-refractivity contribution is 6.25. The Kier molecular flexibility index (Phi) is 6.02. The van der Waals surface area contributed by atoms with E-state index in [2.05, 4.69) is 72.8 Å². The second-order valence-corrected chi connectivity index (χ2v) is 13.7. The largest absolute Gasteiger partial charge is 0.456 e. The molecule has 0 saturated carbocycles. The van der Waals surface area contributed by atoms with Crippen molar-refractivity contribution in [1.82, 2.24) is 0 Å². The molecule has 2 heteroatoms. The van der Waals surface area contributed by atoms with Crippen molar-refractivity contribution in [3.05, 3.63) is 194 Å². The van der Waals surface area contributed by atoms with Crippen LogP contribution in [0.1, 0.15) is 5.48 Å². The SMILES string of the molecule is [2H]c1c([2H])c([2H])c2c(-c3cccc4oc5cc(-c6ccc7oc(-c8ccccc8)cc7c6)ccc5c34)c3ccccc3c(-c3cccc(-c4ccccc4)c3)c2c1[2H]. The smallest absolute Gasteiger partial charge is 0.136 e. The third-order valence-electron chi connectivity index (χ3n) is 10.6. The van der Waals surface area contributed by atoms with E-state index in [1.807, 2.05) is 97.1 Å². The number of fused-ring (bicyclic) bond motifs is 6. The third-order valence-corrected chi connectivity index (χ3v) is 10.6. The van der Waals surface area contributed by atoms with E-state index in [-0.39, 0.29) is 24.2 Å². The fraction of sp³-hybridized carbons (Fsp3) is 0. The summed E-state index contributed by atoms with van der Waals surface area (Å²) < 4.78 is 49.5. The minimum atomic E-state index is -0.266. The topological polar surface area (TPSA) is 26.3 Å². The van der Waals surface area contributed by atoms with Crippen LogP contribution >= 0.6 is 0 Å². The first-order valence-electron chi connectivity index (χ1n) is 20.1. The zero-order chi connectivity index (χ0) is 39.1. The molecule has 0 unspecified atom stereocenters. The number of hydrogen-bond acceptors (Lipinski definition) is 2. The van der Waals surface area contributed by atoms with Gasteiger partial charge in [0, 0.05) is 21.7 Å². The molecule has 2 heterocycles. The maximum absolute atomic E-state index is 9.47. The van der Waals surface area contributed by atoms with Gasteiger partial charge in [0.05, 0.1) is 5.48 Å². The number of hydrogen-bond donors (Lipinski definition) is 0. The van der Waals surface area contributed by atoms with Gasteiger partial charge in [0.25, 0.3) is 0 Å². The fourth-order valence-corrected chi connectivity index (χ4v) is 8.12. The maximum Gasteiger partial charge on any atom is 0.136 e. The first-order valence-corrected chi connectivity index (χ1v) is 18.1. The Morgan fingerprint density at radius 2 is 0.981 bits per heavy atom. The van der Waals surface area contributed by atoms with Crippen LogP contribution in [0, 0.1) is 0 Å². The molecular weight excluding hydrogens is 657 g/mol. The molecule has 0 N–H and O–H groups in total. The normalized spacial score (nSPS) is 12.7. The average molecular weight is 693 g/mol. The van der Waals surface area contributed by atoms with E-state index in [0.717, 1.165) is 93.9 Å². The van der Waals surface area contributed by atoms with Gasteiger partial charge in [0.2, 0.25) is 0 Å². The molecule has 0 aliphatic carbocycles. The summed E-state index contributed by atoms with van der Waals surface area (Å²) in [6, 6.07) is 56.5. The van der Waals surface area contributed by atoms with Crippen molar-refractivity contribution in [2.24, 2.45) is 0 Å². The monoisotopic (exact) mass is 692 g/mol. The summed E-state index contributed by atoms with van der Waals surface area (Å²) in [7, 11) is 0. The van der Waals surface area contributed by atoms with Crippen LogP contribution in [0.25, 0.3) is 110 Å². The molecule has 11 aromatic rings. The molecular formula is C52H32O2. The van der Waals surface area contributed by atoms with Gasteiger partial charge in [0.1, 0.15) is 22.5 Å². The lowest BCUT2D eigenvalue weighted by Gasteiger charge is -2.18. The number of furan rings is 2. The summed E-state index contributed by atoms with van der Waals surface area (Å²) in [6.07, 6.45) is 0. The van der Waals surface area contributed by atoms with E-state index in [1.165, 1.54) is 0 Å². The van der Waals surface area contributed by atoms with E-state index >= 15 is 0 Å². The second-order valence-electron chi connectivity index (χ2n) is 13.7. The Hall–Kier alpha value is -7.16. The minimum absolute atomic E-state index is 0.0672. The summed E-state index contributed by atoms with van der Waals surface area (Å²) in [4.78, 5) is 0. The zero-order valence-corrected chi connectivity index (χ0v) is 29.0. The van der Waals surface area contributed by atoms with Gasteiger partial charge in [-0.25, -0.2) is 0 Å². The molecule has 0 fully saturated rings. The van der Waals surface area contributed by atoms with Gasteiger partial charge in [-0.2, -0.15) is 0 Å².